The van der Waals surface area contributed by atoms with Crippen LogP contribution in [0.4, 0.5) is 5.69 Å². The zero-order chi connectivity index (χ0) is 14.6. The lowest BCUT2D eigenvalue weighted by Gasteiger charge is -2.26. The molecule has 1 atom stereocenters. The first kappa shape index (κ1) is 15.0. The number of hydrogen-bond acceptors (Lipinski definition) is 4. The molecule has 5 nitrogen and oxygen atoms in total. The van der Waals surface area contributed by atoms with E-state index in [2.05, 4.69) is 17.2 Å². The molecule has 2 rings (SSSR count). The van der Waals surface area contributed by atoms with Crippen LogP contribution in [0.25, 0.3) is 0 Å². The fourth-order valence-corrected chi connectivity index (χ4v) is 3.65. The molecule has 1 heterocycles. The number of nitrogens with zero attached hydrogens (tertiary/aromatic N) is 2. The summed E-state index contributed by atoms with van der Waals surface area (Å²) in [7, 11) is -3.45. The molecule has 1 unspecified atom stereocenters. The van der Waals surface area contributed by atoms with E-state index in [4.69, 9.17) is 0 Å². The third-order valence-corrected chi connectivity index (χ3v) is 4.95. The fraction of sp³-hybridized carbons (Fsp3) is 0.500. The van der Waals surface area contributed by atoms with Gasteiger partial charge in [0.1, 0.15) is 11.2 Å². The maximum atomic E-state index is 12.5. The van der Waals surface area contributed by atoms with Crippen LogP contribution >= 0.6 is 0 Å². The van der Waals surface area contributed by atoms with Gasteiger partial charge in [-0.1, -0.05) is 26.0 Å². The van der Waals surface area contributed by atoms with E-state index in [0.717, 1.165) is 19.5 Å². The Morgan fingerprint density at radius 3 is 2.85 bits per heavy atom. The van der Waals surface area contributed by atoms with Crippen LogP contribution in [0.1, 0.15) is 20.3 Å². The van der Waals surface area contributed by atoms with Crippen LogP contribution in [0.3, 0.4) is 0 Å². The van der Waals surface area contributed by atoms with Gasteiger partial charge in [-0.2, -0.15) is 0 Å². The molecule has 0 saturated carbocycles. The summed E-state index contributed by atoms with van der Waals surface area (Å²) in [6.07, 6.45) is 2.50. The molecular formula is C14H21N3O2S. The van der Waals surface area contributed by atoms with Gasteiger partial charge < -0.3 is 5.32 Å². The van der Waals surface area contributed by atoms with Gasteiger partial charge in [0.2, 0.25) is 0 Å². The largest absolute Gasteiger partial charge is 0.316 e. The monoisotopic (exact) mass is 295 g/mol. The molecule has 0 bridgehead atoms. The Kier molecular flexibility index (Phi) is 4.77. The summed E-state index contributed by atoms with van der Waals surface area (Å²) in [5, 5.41) is 3.30. The summed E-state index contributed by atoms with van der Waals surface area (Å²) in [5.74, 6) is 0.230. The lowest BCUT2D eigenvalue weighted by atomic mass is 10.2. The van der Waals surface area contributed by atoms with E-state index >= 15 is 0 Å². The maximum absolute atomic E-state index is 12.5. The van der Waals surface area contributed by atoms with Gasteiger partial charge in [0.15, 0.2) is 0 Å². The molecule has 1 N–H and O–H groups in total. The standard InChI is InChI=1S/C14H21N3O2S/c1-3-8-15-9-12(2)10-17-11-16-13-6-4-5-7-14(13)20(17,18)19/h4-7,11-12,15H,3,8-10H2,1-2H3. The summed E-state index contributed by atoms with van der Waals surface area (Å²) in [5.41, 5.74) is 0.514. The van der Waals surface area contributed by atoms with Crippen molar-refractivity contribution < 1.29 is 8.42 Å². The Bertz CT molecular complexity index is 584. The molecule has 0 fully saturated rings. The number of aliphatic imine (C=N–C) groups is 1. The van der Waals surface area contributed by atoms with Gasteiger partial charge in [-0.05, 0) is 37.6 Å². The lowest BCUT2D eigenvalue weighted by molar-refractivity contribution is 0.429. The van der Waals surface area contributed by atoms with Crippen molar-refractivity contribution in [2.45, 2.75) is 25.2 Å². The van der Waals surface area contributed by atoms with Crippen molar-refractivity contribution in [1.29, 1.82) is 0 Å². The van der Waals surface area contributed by atoms with E-state index < -0.39 is 10.0 Å². The quantitative estimate of drug-likeness (QED) is 0.816. The van der Waals surface area contributed by atoms with Crippen molar-refractivity contribution >= 4 is 22.0 Å². The number of sulfonamides is 1. The minimum Gasteiger partial charge on any atom is -0.316 e. The normalized spacial score (nSPS) is 17.8. The van der Waals surface area contributed by atoms with Crippen LogP contribution < -0.4 is 5.32 Å². The topological polar surface area (TPSA) is 61.8 Å². The molecule has 1 aromatic carbocycles. The highest BCUT2D eigenvalue weighted by Gasteiger charge is 2.29. The van der Waals surface area contributed by atoms with E-state index in [1.54, 1.807) is 24.3 Å². The first-order valence-electron chi connectivity index (χ1n) is 6.91. The first-order valence-corrected chi connectivity index (χ1v) is 8.35. The summed E-state index contributed by atoms with van der Waals surface area (Å²) < 4.78 is 26.3. The third-order valence-electron chi connectivity index (χ3n) is 3.19. The van der Waals surface area contributed by atoms with Crippen molar-refractivity contribution in [2.24, 2.45) is 10.9 Å². The van der Waals surface area contributed by atoms with E-state index in [0.29, 0.717) is 12.2 Å². The first-order chi connectivity index (χ1) is 9.55. The van der Waals surface area contributed by atoms with Gasteiger partial charge in [0.25, 0.3) is 10.0 Å². The van der Waals surface area contributed by atoms with Crippen molar-refractivity contribution in [3.05, 3.63) is 24.3 Å². The fourth-order valence-electron chi connectivity index (χ4n) is 2.14. The molecule has 1 aromatic rings. The molecule has 0 aromatic heterocycles. The second-order valence-electron chi connectivity index (χ2n) is 5.10. The van der Waals surface area contributed by atoms with Gasteiger partial charge in [-0.3, -0.25) is 4.31 Å². The summed E-state index contributed by atoms with van der Waals surface area (Å²) in [6.45, 7) is 6.34. The molecule has 0 amide bonds. The molecule has 0 saturated heterocycles. The number of benzene rings is 1. The van der Waals surface area contributed by atoms with Crippen molar-refractivity contribution in [3.8, 4) is 0 Å². The highest BCUT2D eigenvalue weighted by molar-refractivity contribution is 7.89. The average molecular weight is 295 g/mol. The van der Waals surface area contributed by atoms with E-state index in [1.165, 1.54) is 10.6 Å². The van der Waals surface area contributed by atoms with Crippen LogP contribution in [0.5, 0.6) is 0 Å². The molecule has 110 valence electrons. The van der Waals surface area contributed by atoms with Gasteiger partial charge in [0, 0.05) is 6.54 Å². The average Bonchev–Trinajstić information content (AvgIpc) is 2.43. The Balaban J connectivity index is 2.08. The van der Waals surface area contributed by atoms with E-state index in [-0.39, 0.29) is 10.8 Å². The van der Waals surface area contributed by atoms with Crippen LogP contribution in [0.2, 0.25) is 0 Å². The SMILES string of the molecule is CCCNCC(C)CN1C=Nc2ccccc2S1(=O)=O. The van der Waals surface area contributed by atoms with Crippen LogP contribution in [-0.4, -0.2) is 38.7 Å². The third kappa shape index (κ3) is 3.19. The second kappa shape index (κ2) is 6.37. The van der Waals surface area contributed by atoms with Gasteiger partial charge >= 0.3 is 0 Å². The van der Waals surface area contributed by atoms with Crippen LogP contribution in [-0.2, 0) is 10.0 Å². The molecule has 6 heteroatoms. The lowest BCUT2D eigenvalue weighted by Crippen LogP contribution is -2.38. The molecule has 20 heavy (non-hydrogen) atoms. The predicted molar refractivity (Wildman–Crippen MR) is 80.8 cm³/mol. The Hall–Kier alpha value is -1.40. The second-order valence-corrected chi connectivity index (χ2v) is 6.96. The van der Waals surface area contributed by atoms with Gasteiger partial charge in [0.05, 0.1) is 5.69 Å². The molecular weight excluding hydrogens is 274 g/mol. The summed E-state index contributed by atoms with van der Waals surface area (Å²) >= 11 is 0. The van der Waals surface area contributed by atoms with E-state index in [1.807, 2.05) is 6.92 Å². The molecule has 0 aliphatic carbocycles. The number of rotatable bonds is 6. The number of fused-ring (bicyclic) bond motifs is 1. The van der Waals surface area contributed by atoms with Gasteiger partial charge in [-0.15, -0.1) is 0 Å². The number of para-hydroxylation sites is 1. The van der Waals surface area contributed by atoms with Crippen LogP contribution in [0, 0.1) is 5.92 Å². The van der Waals surface area contributed by atoms with Crippen LogP contribution in [0.15, 0.2) is 34.2 Å². The minimum absolute atomic E-state index is 0.230. The van der Waals surface area contributed by atoms with Crippen molar-refractivity contribution in [2.75, 3.05) is 19.6 Å². The zero-order valence-electron chi connectivity index (χ0n) is 11.9. The number of hydrogen-bond donors (Lipinski definition) is 1. The Labute approximate surface area is 120 Å². The molecule has 1 aliphatic rings. The Morgan fingerprint density at radius 1 is 1.35 bits per heavy atom. The molecule has 1 aliphatic heterocycles. The predicted octanol–water partition coefficient (Wildman–Crippen LogP) is 1.99. The highest BCUT2D eigenvalue weighted by atomic mass is 32.2. The smallest absolute Gasteiger partial charge is 0.267 e. The zero-order valence-corrected chi connectivity index (χ0v) is 12.7. The molecule has 0 spiro atoms. The minimum atomic E-state index is -3.45. The highest BCUT2D eigenvalue weighted by Crippen LogP contribution is 2.29. The molecule has 0 radical (unpaired) electrons. The van der Waals surface area contributed by atoms with Gasteiger partial charge in [-0.25, -0.2) is 13.4 Å². The van der Waals surface area contributed by atoms with Crippen molar-refractivity contribution in [1.82, 2.24) is 9.62 Å². The Morgan fingerprint density at radius 2 is 2.10 bits per heavy atom. The maximum Gasteiger partial charge on any atom is 0.267 e. The number of nitrogens with one attached hydrogen (secondary N) is 1. The summed E-state index contributed by atoms with van der Waals surface area (Å²) in [6, 6.07) is 6.83. The summed E-state index contributed by atoms with van der Waals surface area (Å²) in [4.78, 5) is 4.51. The van der Waals surface area contributed by atoms with E-state index in [9.17, 15) is 8.42 Å². The van der Waals surface area contributed by atoms with Crippen molar-refractivity contribution in [3.63, 3.8) is 0 Å².